The number of halogens is 1. The number of thiocarbonyl (C=S) groups is 1. The highest BCUT2D eigenvalue weighted by atomic mass is 35.5. The van der Waals surface area contributed by atoms with Crippen molar-refractivity contribution in [2.24, 2.45) is 0 Å². The normalized spacial score (nSPS) is 15.2. The average Bonchev–Trinajstić information content (AvgIpc) is 2.58. The van der Waals surface area contributed by atoms with E-state index >= 15 is 0 Å². The molecule has 1 heterocycles. The molecular weight excluding hydrogens is 350 g/mol. The average molecular weight is 374 g/mol. The summed E-state index contributed by atoms with van der Waals surface area (Å²) in [5.41, 5.74) is 4.85. The lowest BCUT2D eigenvalue weighted by Crippen LogP contribution is -2.49. The second-order valence-corrected chi connectivity index (χ2v) is 7.46. The summed E-state index contributed by atoms with van der Waals surface area (Å²) in [5, 5.41) is 5.02. The maximum Gasteiger partial charge on any atom is 0.173 e. The predicted octanol–water partition coefficient (Wildman–Crippen LogP) is 4.47. The van der Waals surface area contributed by atoms with Gasteiger partial charge in [0.05, 0.1) is 0 Å². The standard InChI is InChI=1S/C20H24ClN3S/c1-15-6-7-19(16(2)12-15)22-20(25)24-10-8-23(9-11-24)14-17-4-3-5-18(21)13-17/h3-7,12-13H,8-11,14H2,1-2H3,(H,22,25). The van der Waals surface area contributed by atoms with E-state index in [0.29, 0.717) is 0 Å². The molecule has 0 aliphatic carbocycles. The maximum atomic E-state index is 6.07. The second kappa shape index (κ2) is 8.17. The highest BCUT2D eigenvalue weighted by Crippen LogP contribution is 2.18. The fraction of sp³-hybridized carbons (Fsp3) is 0.350. The Morgan fingerprint density at radius 3 is 2.52 bits per heavy atom. The lowest BCUT2D eigenvalue weighted by atomic mass is 10.1. The van der Waals surface area contributed by atoms with Crippen LogP contribution in [0.15, 0.2) is 42.5 Å². The Balaban J connectivity index is 1.52. The third kappa shape index (κ3) is 4.94. The van der Waals surface area contributed by atoms with Crippen molar-refractivity contribution in [2.45, 2.75) is 20.4 Å². The molecule has 3 rings (SSSR count). The van der Waals surface area contributed by atoms with Crippen molar-refractivity contribution in [2.75, 3.05) is 31.5 Å². The molecule has 0 bridgehead atoms. The van der Waals surface area contributed by atoms with Crippen molar-refractivity contribution in [1.82, 2.24) is 9.80 Å². The first-order chi connectivity index (χ1) is 12.0. The van der Waals surface area contributed by atoms with Crippen molar-refractivity contribution >= 4 is 34.6 Å². The Hall–Kier alpha value is -1.62. The number of rotatable bonds is 3. The van der Waals surface area contributed by atoms with Crippen LogP contribution in [0.5, 0.6) is 0 Å². The summed E-state index contributed by atoms with van der Waals surface area (Å²) >= 11 is 11.7. The first-order valence-corrected chi connectivity index (χ1v) is 9.40. The van der Waals surface area contributed by atoms with Gasteiger partial charge < -0.3 is 10.2 Å². The molecule has 0 aromatic heterocycles. The summed E-state index contributed by atoms with van der Waals surface area (Å²) in [6.45, 7) is 9.04. The summed E-state index contributed by atoms with van der Waals surface area (Å²) in [6, 6.07) is 14.5. The molecule has 0 spiro atoms. The Morgan fingerprint density at radius 2 is 1.84 bits per heavy atom. The summed E-state index contributed by atoms with van der Waals surface area (Å²) in [5.74, 6) is 0. The van der Waals surface area contributed by atoms with E-state index in [1.165, 1.54) is 16.7 Å². The van der Waals surface area contributed by atoms with E-state index in [2.05, 4.69) is 53.2 Å². The van der Waals surface area contributed by atoms with Crippen LogP contribution in [0.3, 0.4) is 0 Å². The topological polar surface area (TPSA) is 18.5 Å². The highest BCUT2D eigenvalue weighted by molar-refractivity contribution is 7.80. The molecule has 1 fully saturated rings. The molecule has 0 saturated carbocycles. The van der Waals surface area contributed by atoms with E-state index in [-0.39, 0.29) is 0 Å². The minimum Gasteiger partial charge on any atom is -0.346 e. The number of piperazine rings is 1. The van der Waals surface area contributed by atoms with Gasteiger partial charge in [0.15, 0.2) is 5.11 Å². The first-order valence-electron chi connectivity index (χ1n) is 8.61. The van der Waals surface area contributed by atoms with Gasteiger partial charge in [-0.1, -0.05) is 41.4 Å². The number of anilines is 1. The number of hydrogen-bond acceptors (Lipinski definition) is 2. The molecule has 1 N–H and O–H groups in total. The fourth-order valence-corrected chi connectivity index (χ4v) is 3.66. The van der Waals surface area contributed by atoms with E-state index in [0.717, 1.165) is 48.5 Å². The first kappa shape index (κ1) is 18.2. The largest absolute Gasteiger partial charge is 0.346 e. The van der Waals surface area contributed by atoms with Gasteiger partial charge in [-0.2, -0.15) is 0 Å². The van der Waals surface area contributed by atoms with Crippen LogP contribution in [0.1, 0.15) is 16.7 Å². The molecule has 25 heavy (non-hydrogen) atoms. The number of hydrogen-bond donors (Lipinski definition) is 1. The van der Waals surface area contributed by atoms with Crippen LogP contribution in [-0.4, -0.2) is 41.1 Å². The molecule has 0 unspecified atom stereocenters. The van der Waals surface area contributed by atoms with Gasteiger partial charge in [0.25, 0.3) is 0 Å². The number of nitrogens with zero attached hydrogens (tertiary/aromatic N) is 2. The molecule has 0 amide bonds. The van der Waals surface area contributed by atoms with E-state index in [9.17, 15) is 0 Å². The van der Waals surface area contributed by atoms with E-state index < -0.39 is 0 Å². The molecular formula is C20H24ClN3S. The van der Waals surface area contributed by atoms with Crippen LogP contribution < -0.4 is 5.32 Å². The zero-order chi connectivity index (χ0) is 17.8. The predicted molar refractivity (Wildman–Crippen MR) is 110 cm³/mol. The second-order valence-electron chi connectivity index (χ2n) is 6.64. The molecule has 5 heteroatoms. The van der Waals surface area contributed by atoms with Crippen LogP contribution in [0.25, 0.3) is 0 Å². The van der Waals surface area contributed by atoms with Crippen LogP contribution in [0.4, 0.5) is 5.69 Å². The van der Waals surface area contributed by atoms with Crippen LogP contribution in [-0.2, 0) is 6.54 Å². The number of benzene rings is 2. The molecule has 1 aliphatic rings. The zero-order valence-electron chi connectivity index (χ0n) is 14.8. The smallest absolute Gasteiger partial charge is 0.173 e. The van der Waals surface area contributed by atoms with E-state index in [4.69, 9.17) is 23.8 Å². The molecule has 2 aromatic rings. The quantitative estimate of drug-likeness (QED) is 0.799. The highest BCUT2D eigenvalue weighted by Gasteiger charge is 2.19. The lowest BCUT2D eigenvalue weighted by Gasteiger charge is -2.36. The maximum absolute atomic E-state index is 6.07. The number of nitrogens with one attached hydrogen (secondary N) is 1. The van der Waals surface area contributed by atoms with Crippen LogP contribution in [0, 0.1) is 13.8 Å². The summed E-state index contributed by atoms with van der Waals surface area (Å²) in [6.07, 6.45) is 0. The Morgan fingerprint density at radius 1 is 1.08 bits per heavy atom. The molecule has 1 saturated heterocycles. The molecule has 0 radical (unpaired) electrons. The Kier molecular flexibility index (Phi) is 5.94. The van der Waals surface area contributed by atoms with Gasteiger partial charge in [-0.05, 0) is 55.4 Å². The summed E-state index contributed by atoms with van der Waals surface area (Å²) in [7, 11) is 0. The summed E-state index contributed by atoms with van der Waals surface area (Å²) in [4.78, 5) is 4.70. The minimum absolute atomic E-state index is 0.801. The van der Waals surface area contributed by atoms with Crippen molar-refractivity contribution < 1.29 is 0 Å². The van der Waals surface area contributed by atoms with Crippen molar-refractivity contribution in [3.8, 4) is 0 Å². The zero-order valence-corrected chi connectivity index (χ0v) is 16.3. The van der Waals surface area contributed by atoms with Gasteiger partial charge in [0.1, 0.15) is 0 Å². The van der Waals surface area contributed by atoms with Crippen molar-refractivity contribution in [3.63, 3.8) is 0 Å². The molecule has 132 valence electrons. The van der Waals surface area contributed by atoms with Gasteiger partial charge >= 0.3 is 0 Å². The van der Waals surface area contributed by atoms with Crippen LogP contribution in [0.2, 0.25) is 5.02 Å². The lowest BCUT2D eigenvalue weighted by molar-refractivity contribution is 0.177. The van der Waals surface area contributed by atoms with Crippen molar-refractivity contribution in [1.29, 1.82) is 0 Å². The molecule has 2 aromatic carbocycles. The Labute approximate surface area is 160 Å². The molecule has 1 aliphatic heterocycles. The minimum atomic E-state index is 0.801. The van der Waals surface area contributed by atoms with E-state index in [1.807, 2.05) is 18.2 Å². The summed E-state index contributed by atoms with van der Waals surface area (Å²) < 4.78 is 0. The SMILES string of the molecule is Cc1ccc(NC(=S)N2CCN(Cc3cccc(Cl)c3)CC2)c(C)c1. The van der Waals surface area contributed by atoms with Gasteiger partial charge in [-0.3, -0.25) is 4.90 Å². The van der Waals surface area contributed by atoms with Gasteiger partial charge in [-0.15, -0.1) is 0 Å². The van der Waals surface area contributed by atoms with Crippen LogP contribution >= 0.6 is 23.8 Å². The van der Waals surface area contributed by atoms with Crippen molar-refractivity contribution in [3.05, 3.63) is 64.2 Å². The van der Waals surface area contributed by atoms with Gasteiger partial charge in [-0.25, -0.2) is 0 Å². The van der Waals surface area contributed by atoms with Gasteiger partial charge in [0.2, 0.25) is 0 Å². The molecule has 0 atom stereocenters. The van der Waals surface area contributed by atoms with Gasteiger partial charge in [0, 0.05) is 43.4 Å². The third-order valence-electron chi connectivity index (χ3n) is 4.58. The molecule has 3 nitrogen and oxygen atoms in total. The fourth-order valence-electron chi connectivity index (χ4n) is 3.15. The Bertz CT molecular complexity index is 754. The van der Waals surface area contributed by atoms with E-state index in [1.54, 1.807) is 0 Å². The third-order valence-corrected chi connectivity index (χ3v) is 5.17. The number of aryl methyl sites for hydroxylation is 2. The monoisotopic (exact) mass is 373 g/mol.